The molecule has 3 rings (SSSR count). The zero-order chi connectivity index (χ0) is 60.2. The lowest BCUT2D eigenvalue weighted by Crippen LogP contribution is -2.62. The summed E-state index contributed by atoms with van der Waals surface area (Å²) in [6.45, 7) is 27.8. The Labute approximate surface area is 477 Å². The van der Waals surface area contributed by atoms with Crippen LogP contribution in [0.5, 0.6) is 0 Å². The van der Waals surface area contributed by atoms with Crippen molar-refractivity contribution in [3.63, 3.8) is 0 Å². The summed E-state index contributed by atoms with van der Waals surface area (Å²) in [4.78, 5) is 54.2. The van der Waals surface area contributed by atoms with E-state index in [4.69, 9.17) is 24.1 Å². The number of carbonyl (C=O) groups is 4. The number of rotatable bonds is 17. The molecule has 454 valence electrons. The molecular formula is C62H112N2O13S. The Morgan fingerprint density at radius 2 is 1.67 bits per heavy atom. The number of amides is 1. The van der Waals surface area contributed by atoms with E-state index in [-0.39, 0.29) is 48.1 Å². The lowest BCUT2D eigenvalue weighted by molar-refractivity contribution is -0.287. The number of thioether (sulfide) groups is 1. The van der Waals surface area contributed by atoms with Gasteiger partial charge in [-0.2, -0.15) is 11.8 Å². The van der Waals surface area contributed by atoms with E-state index in [0.29, 0.717) is 57.5 Å². The zero-order valence-corrected chi connectivity index (χ0v) is 52.2. The Morgan fingerprint density at radius 1 is 1.01 bits per heavy atom. The number of ketones is 1. The first kappa shape index (κ1) is 78.6. The smallest absolute Gasteiger partial charge is 0.329 e. The summed E-state index contributed by atoms with van der Waals surface area (Å²) in [5, 5.41) is 40.2. The van der Waals surface area contributed by atoms with Crippen molar-refractivity contribution in [2.45, 2.75) is 233 Å². The number of carbonyl (C=O) groups excluding carboxylic acids is 4. The highest BCUT2D eigenvalue weighted by molar-refractivity contribution is 8.00. The SMILES string of the molecule is C=CC.CC.CN.CO.C\C=C/C(O)=C\C=C\CSC(C)C(CC(/C=C(\C)C1CCC(O)CCC/C=C(\C)CC(C)CCC2OC(O)(C(=O)C(=O)N(CCC)C(CC)C(=O)O1)C(C)CC2OC)CCC)OC.O=C1CCCO1. The van der Waals surface area contributed by atoms with E-state index in [1.807, 2.05) is 53.7 Å². The van der Waals surface area contributed by atoms with Crippen LogP contribution in [0, 0.1) is 17.8 Å². The summed E-state index contributed by atoms with van der Waals surface area (Å²) in [6.07, 6.45) is 23.2. The van der Waals surface area contributed by atoms with Crippen LogP contribution in [0.1, 0.15) is 186 Å². The maximum atomic E-state index is 14.4. The quantitative estimate of drug-likeness (QED) is 0.0300. The Balaban J connectivity index is -0.00000331. The summed E-state index contributed by atoms with van der Waals surface area (Å²) in [6, 6.07) is -1.08. The van der Waals surface area contributed by atoms with Gasteiger partial charge in [0, 0.05) is 51.2 Å². The number of Topliss-reactive ketones (excluding diaryl/α,β-unsaturated/α-hetero) is 1. The normalized spacial score (nSPS) is 27.0. The number of aliphatic hydroxyl groups is 4. The van der Waals surface area contributed by atoms with Crippen molar-refractivity contribution >= 4 is 35.4 Å². The molecule has 15 nitrogen and oxygen atoms in total. The van der Waals surface area contributed by atoms with Crippen LogP contribution in [0.3, 0.4) is 0 Å². The molecule has 3 aliphatic rings. The largest absolute Gasteiger partial charge is 0.508 e. The summed E-state index contributed by atoms with van der Waals surface area (Å²) in [5.41, 5.74) is 6.63. The van der Waals surface area contributed by atoms with Crippen molar-refractivity contribution in [2.75, 3.05) is 47.3 Å². The summed E-state index contributed by atoms with van der Waals surface area (Å²) >= 11 is 1.77. The van der Waals surface area contributed by atoms with Gasteiger partial charge in [0.1, 0.15) is 17.9 Å². The molecule has 3 heterocycles. The maximum absolute atomic E-state index is 14.4. The van der Waals surface area contributed by atoms with Crippen molar-refractivity contribution in [2.24, 2.45) is 23.5 Å². The Hall–Kier alpha value is -3.61. The number of cyclic esters (lactones) is 2. The predicted octanol–water partition coefficient (Wildman–Crippen LogP) is 11.9. The number of hydrogen-bond acceptors (Lipinski definition) is 15. The van der Waals surface area contributed by atoms with Gasteiger partial charge >= 0.3 is 11.9 Å². The molecule has 0 spiro atoms. The van der Waals surface area contributed by atoms with Gasteiger partial charge in [-0.15, -0.1) is 6.58 Å². The third-order valence-corrected chi connectivity index (χ3v) is 14.7. The average molecular weight is 1130 g/mol. The summed E-state index contributed by atoms with van der Waals surface area (Å²) in [7, 11) is 5.83. The molecule has 11 unspecified atom stereocenters. The lowest BCUT2D eigenvalue weighted by Gasteiger charge is -2.45. The molecule has 0 aliphatic carbocycles. The van der Waals surface area contributed by atoms with E-state index in [9.17, 15) is 34.5 Å². The first-order chi connectivity index (χ1) is 37.3. The summed E-state index contributed by atoms with van der Waals surface area (Å²) in [5.74, 6) is -4.47. The number of hydrogen-bond donors (Lipinski definition) is 5. The number of allylic oxidation sites excluding steroid dienone is 8. The molecule has 2 bridgehead atoms. The third-order valence-electron chi connectivity index (χ3n) is 13.5. The first-order valence-electron chi connectivity index (χ1n) is 28.9. The Bertz CT molecular complexity index is 1760. The lowest BCUT2D eigenvalue weighted by atomic mass is 9.83. The van der Waals surface area contributed by atoms with Gasteiger partial charge in [0.2, 0.25) is 5.79 Å². The Morgan fingerprint density at radius 3 is 2.19 bits per heavy atom. The molecular weight excluding hydrogens is 1010 g/mol. The monoisotopic (exact) mass is 1120 g/mol. The zero-order valence-electron chi connectivity index (χ0n) is 51.4. The number of fused-ring (bicyclic) bond motifs is 2. The number of esters is 2. The molecule has 0 radical (unpaired) electrons. The topological polar surface area (TPSA) is 225 Å². The maximum Gasteiger partial charge on any atom is 0.329 e. The number of methoxy groups -OCH3 is 2. The van der Waals surface area contributed by atoms with Gasteiger partial charge in [-0.05, 0) is 154 Å². The van der Waals surface area contributed by atoms with Gasteiger partial charge in [0.15, 0.2) is 0 Å². The average Bonchev–Trinajstić information content (AvgIpc) is 3.92. The fourth-order valence-electron chi connectivity index (χ4n) is 9.40. The van der Waals surface area contributed by atoms with Crippen LogP contribution in [0.2, 0.25) is 0 Å². The highest BCUT2D eigenvalue weighted by Gasteiger charge is 2.54. The first-order valence-corrected chi connectivity index (χ1v) is 29.9. The van der Waals surface area contributed by atoms with Gasteiger partial charge in [-0.3, -0.25) is 14.4 Å². The number of aliphatic hydroxyl groups excluding tert-OH is 3. The van der Waals surface area contributed by atoms with Crippen molar-refractivity contribution in [3.8, 4) is 0 Å². The van der Waals surface area contributed by atoms with Gasteiger partial charge in [0.05, 0.1) is 31.0 Å². The van der Waals surface area contributed by atoms with Crippen LogP contribution in [0.15, 0.2) is 72.1 Å². The van der Waals surface area contributed by atoms with E-state index in [0.717, 1.165) is 69.8 Å². The van der Waals surface area contributed by atoms with Gasteiger partial charge in [-0.1, -0.05) is 104 Å². The number of ether oxygens (including phenoxy) is 5. The number of nitrogens with two attached hydrogens (primary N) is 1. The molecule has 0 saturated carbocycles. The fraction of sp³-hybridized carbons (Fsp3) is 0.742. The molecule has 11 atom stereocenters. The van der Waals surface area contributed by atoms with E-state index >= 15 is 0 Å². The molecule has 2 fully saturated rings. The minimum Gasteiger partial charge on any atom is -0.508 e. The van der Waals surface area contributed by atoms with Gasteiger partial charge in [0.25, 0.3) is 11.7 Å². The van der Waals surface area contributed by atoms with E-state index in [2.05, 4.69) is 56.9 Å². The highest BCUT2D eigenvalue weighted by atomic mass is 32.2. The van der Waals surface area contributed by atoms with Crippen LogP contribution in [0.25, 0.3) is 0 Å². The molecule has 0 aromatic heterocycles. The van der Waals surface area contributed by atoms with Crippen LogP contribution in [-0.2, 0) is 42.9 Å². The van der Waals surface area contributed by atoms with Crippen molar-refractivity contribution < 1.29 is 63.3 Å². The molecule has 16 heteroatoms. The van der Waals surface area contributed by atoms with Gasteiger partial charge in [-0.25, -0.2) is 4.79 Å². The van der Waals surface area contributed by atoms with E-state index < -0.39 is 53.7 Å². The molecule has 1 amide bonds. The standard InChI is InChI=1S/C51H85NO10S.C4H6O2.C3H6.C2H6.CH5N.CH4O/c1-12-20-40(34-46(59-10)39(9)63-30-19-18-24-41(53)21-13-2)32-37(7)44-28-26-42(54)23-17-16-22-35(5)31-36(6)25-27-45-47(60-11)33-38(8)51(58,62-45)48(55)49(56)52(29-14-3)43(15-4)50(57)61-44;5-4-2-1-3-6-4;1-3-2;3*1-2/h13,18-19,21-22,24,32,36,38-40,42-47,53-54,58H,12,14-17,20,23,25-31,33-34H2,1-11H3;1-3H2;3H,1H2,2H3;1-2H3;2H2,1H3;2H,1H3/b19-18+,21-13-,35-22+,37-32+,41-24+;;;;;. The second kappa shape index (κ2) is 48.1. The molecule has 6 N–H and O–H groups in total. The van der Waals surface area contributed by atoms with Crippen molar-refractivity contribution in [1.82, 2.24) is 4.90 Å². The molecule has 0 aromatic carbocycles. The van der Waals surface area contributed by atoms with Crippen molar-refractivity contribution in [3.05, 3.63) is 72.1 Å². The van der Waals surface area contributed by atoms with Crippen LogP contribution >= 0.6 is 11.8 Å². The summed E-state index contributed by atoms with van der Waals surface area (Å²) < 4.78 is 28.9. The van der Waals surface area contributed by atoms with Crippen LogP contribution in [-0.4, -0.2) is 144 Å². The fourth-order valence-corrected chi connectivity index (χ4v) is 10.4. The minimum absolute atomic E-state index is 0.0463. The second-order valence-corrected chi connectivity index (χ2v) is 21.2. The predicted molar refractivity (Wildman–Crippen MR) is 321 cm³/mol. The van der Waals surface area contributed by atoms with Crippen molar-refractivity contribution in [1.29, 1.82) is 0 Å². The Kier molecular flexibility index (Phi) is 48.5. The second-order valence-electron chi connectivity index (χ2n) is 19.8. The number of nitrogens with zero attached hydrogens (tertiary/aromatic N) is 1. The van der Waals surface area contributed by atoms with Gasteiger partial charge < -0.3 is 54.7 Å². The van der Waals surface area contributed by atoms with E-state index in [1.165, 1.54) is 17.5 Å². The van der Waals surface area contributed by atoms with Crippen LogP contribution < -0.4 is 5.73 Å². The molecule has 3 aliphatic heterocycles. The minimum atomic E-state index is -2.38. The van der Waals surface area contributed by atoms with Crippen LogP contribution in [0.4, 0.5) is 0 Å². The molecule has 78 heavy (non-hydrogen) atoms. The highest BCUT2D eigenvalue weighted by Crippen LogP contribution is 2.38. The molecule has 2 saturated heterocycles. The molecule has 0 aromatic rings. The van der Waals surface area contributed by atoms with E-state index in [1.54, 1.807) is 64.1 Å². The third kappa shape index (κ3) is 31.4.